The third-order valence-electron chi connectivity index (χ3n) is 3.04. The Labute approximate surface area is 120 Å². The number of methoxy groups -OCH3 is 1. The number of nitrogens with zero attached hydrogens (tertiary/aromatic N) is 1. The molecule has 0 aliphatic carbocycles. The summed E-state index contributed by atoms with van der Waals surface area (Å²) in [6, 6.07) is 10.1. The third-order valence-corrected chi connectivity index (χ3v) is 3.04. The van der Waals surface area contributed by atoms with Gasteiger partial charge in [-0.2, -0.15) is 0 Å². The molecular formula is C16H22N2O2. The molecule has 1 heterocycles. The number of rotatable bonds is 8. The molecule has 1 aromatic carbocycles. The van der Waals surface area contributed by atoms with E-state index < -0.39 is 0 Å². The van der Waals surface area contributed by atoms with Gasteiger partial charge in [0.1, 0.15) is 11.9 Å². The number of hydrogen-bond donors (Lipinski definition) is 1. The van der Waals surface area contributed by atoms with Gasteiger partial charge in [-0.15, -0.1) is 0 Å². The van der Waals surface area contributed by atoms with E-state index in [0.29, 0.717) is 0 Å². The Hall–Kier alpha value is -1.65. The molecule has 1 unspecified atom stereocenters. The van der Waals surface area contributed by atoms with Crippen molar-refractivity contribution in [1.29, 1.82) is 0 Å². The van der Waals surface area contributed by atoms with E-state index >= 15 is 0 Å². The molecular weight excluding hydrogens is 252 g/mol. The largest absolute Gasteiger partial charge is 0.488 e. The lowest BCUT2D eigenvalue weighted by Gasteiger charge is -2.15. The van der Waals surface area contributed by atoms with Gasteiger partial charge in [0, 0.05) is 25.6 Å². The average Bonchev–Trinajstić information content (AvgIpc) is 2.47. The molecule has 2 aromatic rings. The topological polar surface area (TPSA) is 43.4 Å². The number of ether oxygens (including phenoxy) is 2. The molecule has 108 valence electrons. The van der Waals surface area contributed by atoms with Crippen molar-refractivity contribution in [3.8, 4) is 5.75 Å². The first-order chi connectivity index (χ1) is 9.79. The van der Waals surface area contributed by atoms with Crippen molar-refractivity contribution in [3.05, 3.63) is 36.5 Å². The third kappa shape index (κ3) is 4.47. The van der Waals surface area contributed by atoms with Crippen LogP contribution in [0.3, 0.4) is 0 Å². The molecule has 0 bridgehead atoms. The quantitative estimate of drug-likeness (QED) is 0.752. The van der Waals surface area contributed by atoms with Crippen LogP contribution in [0.2, 0.25) is 0 Å². The van der Waals surface area contributed by atoms with E-state index in [1.807, 2.05) is 30.3 Å². The SMILES string of the molecule is COCCCNCC(C)Oc1cnc2ccccc2c1. The van der Waals surface area contributed by atoms with Crippen molar-refractivity contribution in [2.24, 2.45) is 0 Å². The molecule has 1 N–H and O–H groups in total. The predicted octanol–water partition coefficient (Wildman–Crippen LogP) is 2.63. The highest BCUT2D eigenvalue weighted by atomic mass is 16.5. The number of nitrogens with one attached hydrogen (secondary N) is 1. The first-order valence-electron chi connectivity index (χ1n) is 7.00. The van der Waals surface area contributed by atoms with Gasteiger partial charge in [0.15, 0.2) is 0 Å². The molecule has 2 rings (SSSR count). The molecule has 0 aliphatic rings. The molecule has 4 heteroatoms. The summed E-state index contributed by atoms with van der Waals surface area (Å²) in [5.41, 5.74) is 0.991. The van der Waals surface area contributed by atoms with Crippen LogP contribution >= 0.6 is 0 Å². The Morgan fingerprint density at radius 1 is 1.30 bits per heavy atom. The standard InChI is InChI=1S/C16H22N2O2/c1-13(11-17-8-5-9-19-2)20-15-10-14-6-3-4-7-16(14)18-12-15/h3-4,6-7,10,12-13,17H,5,8-9,11H2,1-2H3. The predicted molar refractivity (Wildman–Crippen MR) is 81.2 cm³/mol. The second kappa shape index (κ2) is 7.82. The van der Waals surface area contributed by atoms with Gasteiger partial charge in [0.25, 0.3) is 0 Å². The van der Waals surface area contributed by atoms with Gasteiger partial charge in [-0.25, -0.2) is 0 Å². The van der Waals surface area contributed by atoms with Crippen molar-refractivity contribution in [2.45, 2.75) is 19.4 Å². The second-order valence-electron chi connectivity index (χ2n) is 4.84. The number of hydrogen-bond acceptors (Lipinski definition) is 4. The normalized spacial score (nSPS) is 12.5. The molecule has 0 saturated heterocycles. The average molecular weight is 274 g/mol. The number of pyridine rings is 1. The highest BCUT2D eigenvalue weighted by molar-refractivity contribution is 5.79. The number of benzene rings is 1. The maximum atomic E-state index is 5.87. The Kier molecular flexibility index (Phi) is 5.77. The number of fused-ring (bicyclic) bond motifs is 1. The molecule has 20 heavy (non-hydrogen) atoms. The Morgan fingerprint density at radius 2 is 2.15 bits per heavy atom. The van der Waals surface area contributed by atoms with Gasteiger partial charge in [0.2, 0.25) is 0 Å². The van der Waals surface area contributed by atoms with Crippen LogP contribution in [-0.4, -0.2) is 37.9 Å². The summed E-state index contributed by atoms with van der Waals surface area (Å²) in [7, 11) is 1.72. The zero-order chi connectivity index (χ0) is 14.2. The maximum Gasteiger partial charge on any atom is 0.138 e. The van der Waals surface area contributed by atoms with E-state index in [9.17, 15) is 0 Å². The zero-order valence-corrected chi connectivity index (χ0v) is 12.1. The van der Waals surface area contributed by atoms with Crippen LogP contribution < -0.4 is 10.1 Å². The lowest BCUT2D eigenvalue weighted by Crippen LogP contribution is -2.30. The van der Waals surface area contributed by atoms with Gasteiger partial charge in [0.05, 0.1) is 11.7 Å². The fraction of sp³-hybridized carbons (Fsp3) is 0.438. The van der Waals surface area contributed by atoms with Crippen LogP contribution in [0, 0.1) is 0 Å². The van der Waals surface area contributed by atoms with Gasteiger partial charge in [-0.05, 0) is 32.0 Å². The fourth-order valence-corrected chi connectivity index (χ4v) is 2.04. The minimum Gasteiger partial charge on any atom is -0.488 e. The van der Waals surface area contributed by atoms with Crippen LogP contribution in [0.25, 0.3) is 10.9 Å². The first-order valence-corrected chi connectivity index (χ1v) is 7.00. The fourth-order valence-electron chi connectivity index (χ4n) is 2.04. The van der Waals surface area contributed by atoms with Gasteiger partial charge < -0.3 is 14.8 Å². The van der Waals surface area contributed by atoms with Crippen LogP contribution in [0.15, 0.2) is 36.5 Å². The summed E-state index contributed by atoms with van der Waals surface area (Å²) in [6.45, 7) is 4.60. The van der Waals surface area contributed by atoms with E-state index in [1.54, 1.807) is 13.3 Å². The molecule has 0 radical (unpaired) electrons. The van der Waals surface area contributed by atoms with E-state index in [0.717, 1.165) is 42.8 Å². The molecule has 0 spiro atoms. The monoisotopic (exact) mass is 274 g/mol. The Bertz CT molecular complexity index is 531. The smallest absolute Gasteiger partial charge is 0.138 e. The van der Waals surface area contributed by atoms with Gasteiger partial charge >= 0.3 is 0 Å². The summed E-state index contributed by atoms with van der Waals surface area (Å²) >= 11 is 0. The molecule has 0 fully saturated rings. The molecule has 0 amide bonds. The van der Waals surface area contributed by atoms with Crippen molar-refractivity contribution in [1.82, 2.24) is 10.3 Å². The van der Waals surface area contributed by atoms with E-state index in [-0.39, 0.29) is 6.10 Å². The molecule has 1 atom stereocenters. The van der Waals surface area contributed by atoms with Crippen molar-refractivity contribution < 1.29 is 9.47 Å². The van der Waals surface area contributed by atoms with Crippen LogP contribution in [0.1, 0.15) is 13.3 Å². The maximum absolute atomic E-state index is 5.87. The van der Waals surface area contributed by atoms with Crippen molar-refractivity contribution in [2.75, 3.05) is 26.8 Å². The minimum absolute atomic E-state index is 0.112. The Balaban J connectivity index is 1.81. The molecule has 0 aliphatic heterocycles. The minimum atomic E-state index is 0.112. The van der Waals surface area contributed by atoms with Crippen molar-refractivity contribution in [3.63, 3.8) is 0 Å². The van der Waals surface area contributed by atoms with Crippen LogP contribution in [0.5, 0.6) is 5.75 Å². The summed E-state index contributed by atoms with van der Waals surface area (Å²) < 4.78 is 10.9. The zero-order valence-electron chi connectivity index (χ0n) is 12.1. The number of para-hydroxylation sites is 1. The van der Waals surface area contributed by atoms with E-state index in [1.165, 1.54) is 0 Å². The lowest BCUT2D eigenvalue weighted by molar-refractivity contribution is 0.188. The van der Waals surface area contributed by atoms with Crippen LogP contribution in [-0.2, 0) is 4.74 Å². The van der Waals surface area contributed by atoms with Gasteiger partial charge in [-0.1, -0.05) is 18.2 Å². The summed E-state index contributed by atoms with van der Waals surface area (Å²) in [6.07, 6.45) is 2.91. The van der Waals surface area contributed by atoms with E-state index in [4.69, 9.17) is 9.47 Å². The van der Waals surface area contributed by atoms with Crippen molar-refractivity contribution >= 4 is 10.9 Å². The highest BCUT2D eigenvalue weighted by Crippen LogP contribution is 2.18. The first kappa shape index (κ1) is 14.8. The van der Waals surface area contributed by atoms with E-state index in [2.05, 4.69) is 17.2 Å². The lowest BCUT2D eigenvalue weighted by atomic mass is 10.2. The highest BCUT2D eigenvalue weighted by Gasteiger charge is 2.04. The summed E-state index contributed by atoms with van der Waals surface area (Å²) in [5.74, 6) is 0.815. The second-order valence-corrected chi connectivity index (χ2v) is 4.84. The summed E-state index contributed by atoms with van der Waals surface area (Å²) in [4.78, 5) is 4.39. The van der Waals surface area contributed by atoms with Crippen LogP contribution in [0.4, 0.5) is 0 Å². The molecule has 1 aromatic heterocycles. The van der Waals surface area contributed by atoms with Gasteiger partial charge in [-0.3, -0.25) is 4.98 Å². The summed E-state index contributed by atoms with van der Waals surface area (Å²) in [5, 5.41) is 4.45. The number of aromatic nitrogens is 1. The molecule has 0 saturated carbocycles. The Morgan fingerprint density at radius 3 is 3.00 bits per heavy atom. The molecule has 4 nitrogen and oxygen atoms in total.